The average Bonchev–Trinajstić information content (AvgIpc) is 2.46. The largest absolute Gasteiger partial charge is 0.481 e. The van der Waals surface area contributed by atoms with Gasteiger partial charge >= 0.3 is 5.97 Å². The van der Waals surface area contributed by atoms with Crippen LogP contribution in [0.1, 0.15) is 27.7 Å². The van der Waals surface area contributed by atoms with Gasteiger partial charge in [-0.15, -0.1) is 17.7 Å². The zero-order chi connectivity index (χ0) is 15.7. The minimum atomic E-state index is -0.192. The Hall–Kier alpha value is -1.60. The van der Waals surface area contributed by atoms with Crippen LogP contribution in [0.25, 0.3) is 0 Å². The van der Waals surface area contributed by atoms with Crippen LogP contribution in [0.15, 0.2) is 29.2 Å². The highest BCUT2D eigenvalue weighted by Gasteiger charge is 2.24. The number of carbonyl (C=O) groups is 1. The Morgan fingerprint density at radius 3 is 2.48 bits per heavy atom. The topological polar surface area (TPSA) is 35.5 Å². The summed E-state index contributed by atoms with van der Waals surface area (Å²) in [5.74, 6) is 6.46. The number of ether oxygens (including phenoxy) is 2. The second-order valence-electron chi connectivity index (χ2n) is 4.72. The highest BCUT2D eigenvalue weighted by molar-refractivity contribution is 8.00. The summed E-state index contributed by atoms with van der Waals surface area (Å²) in [5, 5.41) is -0.192. The Labute approximate surface area is 131 Å². The predicted molar refractivity (Wildman–Crippen MR) is 86.5 cm³/mol. The number of esters is 1. The van der Waals surface area contributed by atoms with Crippen molar-refractivity contribution in [2.45, 2.75) is 37.8 Å². The fourth-order valence-corrected chi connectivity index (χ4v) is 2.66. The van der Waals surface area contributed by atoms with Crippen molar-refractivity contribution >= 4 is 17.7 Å². The Morgan fingerprint density at radius 1 is 1.29 bits per heavy atom. The smallest absolute Gasteiger partial charge is 0.319 e. The van der Waals surface area contributed by atoms with Gasteiger partial charge in [-0.25, -0.2) is 0 Å². The first kappa shape index (κ1) is 17.5. The number of hydrogen-bond donors (Lipinski definition) is 0. The average molecular weight is 306 g/mol. The summed E-state index contributed by atoms with van der Waals surface area (Å²) in [7, 11) is 0. The first-order valence-electron chi connectivity index (χ1n) is 7.04. The molecule has 4 heteroatoms. The number of benzene rings is 1. The predicted octanol–water partition coefficient (Wildman–Crippen LogP) is 3.77. The van der Waals surface area contributed by atoms with Crippen LogP contribution in [0.5, 0.6) is 5.75 Å². The van der Waals surface area contributed by atoms with Gasteiger partial charge in [-0.3, -0.25) is 4.79 Å². The molecule has 0 amide bonds. The molecule has 114 valence electrons. The van der Waals surface area contributed by atoms with Crippen molar-refractivity contribution < 1.29 is 14.3 Å². The molecule has 0 saturated heterocycles. The van der Waals surface area contributed by atoms with Gasteiger partial charge in [0.25, 0.3) is 0 Å². The van der Waals surface area contributed by atoms with Crippen molar-refractivity contribution in [3.63, 3.8) is 0 Å². The van der Waals surface area contributed by atoms with Crippen LogP contribution in [0.3, 0.4) is 0 Å². The summed E-state index contributed by atoms with van der Waals surface area (Å²) >= 11 is 1.52. The molecule has 0 aliphatic heterocycles. The van der Waals surface area contributed by atoms with Gasteiger partial charge in [-0.1, -0.05) is 19.8 Å². The SMILES string of the molecule is CC#CCOc1ccc(S[C@@H](C(=O)OCC)C(C)C)cc1. The lowest BCUT2D eigenvalue weighted by atomic mass is 10.1. The molecule has 1 aromatic carbocycles. The molecule has 0 aromatic heterocycles. The van der Waals surface area contributed by atoms with Crippen LogP contribution in [-0.2, 0) is 9.53 Å². The van der Waals surface area contributed by atoms with E-state index in [0.717, 1.165) is 10.6 Å². The van der Waals surface area contributed by atoms with E-state index in [1.54, 1.807) is 6.92 Å². The minimum Gasteiger partial charge on any atom is -0.481 e. The monoisotopic (exact) mass is 306 g/mol. The molecule has 0 saturated carbocycles. The number of hydrogen-bond acceptors (Lipinski definition) is 4. The van der Waals surface area contributed by atoms with Gasteiger partial charge in [0.05, 0.1) is 6.61 Å². The Balaban J connectivity index is 2.66. The van der Waals surface area contributed by atoms with E-state index in [4.69, 9.17) is 9.47 Å². The number of thioether (sulfide) groups is 1. The molecule has 1 aromatic rings. The Bertz CT molecular complexity index is 497. The summed E-state index contributed by atoms with van der Waals surface area (Å²) < 4.78 is 10.6. The molecule has 0 bridgehead atoms. The van der Waals surface area contributed by atoms with E-state index in [2.05, 4.69) is 11.8 Å². The molecule has 0 heterocycles. The summed E-state index contributed by atoms with van der Waals surface area (Å²) in [4.78, 5) is 13.0. The standard InChI is InChI=1S/C17H22O3S/c1-5-7-12-20-14-8-10-15(11-9-14)21-16(13(3)4)17(18)19-6-2/h8-11,13,16H,6,12H2,1-4H3/t16-/m1/s1. The van der Waals surface area contributed by atoms with Crippen LogP contribution in [0, 0.1) is 17.8 Å². The van der Waals surface area contributed by atoms with Crippen molar-refractivity contribution in [1.29, 1.82) is 0 Å². The Kier molecular flexibility index (Phi) is 7.78. The molecule has 1 atom stereocenters. The quantitative estimate of drug-likeness (QED) is 0.436. The minimum absolute atomic E-state index is 0.156. The number of rotatable bonds is 7. The van der Waals surface area contributed by atoms with Gasteiger partial charge in [0.1, 0.15) is 17.6 Å². The highest BCUT2D eigenvalue weighted by atomic mass is 32.2. The van der Waals surface area contributed by atoms with E-state index < -0.39 is 0 Å². The molecular formula is C17H22O3S. The summed E-state index contributed by atoms with van der Waals surface area (Å²) in [6.45, 7) is 8.45. The van der Waals surface area contributed by atoms with Gasteiger partial charge in [-0.2, -0.15) is 0 Å². The lowest BCUT2D eigenvalue weighted by molar-refractivity contribution is -0.143. The summed E-state index contributed by atoms with van der Waals surface area (Å²) in [6, 6.07) is 7.69. The third kappa shape index (κ3) is 6.14. The molecule has 0 spiro atoms. The van der Waals surface area contributed by atoms with E-state index in [1.807, 2.05) is 45.0 Å². The normalized spacial score (nSPS) is 11.5. The second kappa shape index (κ2) is 9.36. The van der Waals surface area contributed by atoms with Crippen LogP contribution < -0.4 is 4.74 Å². The van der Waals surface area contributed by atoms with Gasteiger partial charge < -0.3 is 9.47 Å². The van der Waals surface area contributed by atoms with Crippen molar-refractivity contribution in [2.75, 3.05) is 13.2 Å². The maximum Gasteiger partial charge on any atom is 0.319 e. The second-order valence-corrected chi connectivity index (χ2v) is 5.94. The lowest BCUT2D eigenvalue weighted by Crippen LogP contribution is -2.25. The molecule has 0 radical (unpaired) electrons. The summed E-state index contributed by atoms with van der Waals surface area (Å²) in [5.41, 5.74) is 0. The van der Waals surface area contributed by atoms with E-state index in [0.29, 0.717) is 13.2 Å². The van der Waals surface area contributed by atoms with Crippen molar-refractivity contribution in [1.82, 2.24) is 0 Å². The number of carbonyl (C=O) groups excluding carboxylic acids is 1. The van der Waals surface area contributed by atoms with Gasteiger partial charge in [0.15, 0.2) is 0 Å². The van der Waals surface area contributed by atoms with E-state index in [9.17, 15) is 4.79 Å². The van der Waals surface area contributed by atoms with Gasteiger partial charge in [-0.05, 0) is 44.0 Å². The molecule has 3 nitrogen and oxygen atoms in total. The maximum atomic E-state index is 11.9. The third-order valence-corrected chi connectivity index (χ3v) is 4.23. The van der Waals surface area contributed by atoms with E-state index >= 15 is 0 Å². The molecule has 0 aliphatic carbocycles. The van der Waals surface area contributed by atoms with Crippen molar-refractivity contribution in [3.05, 3.63) is 24.3 Å². The molecule has 0 N–H and O–H groups in total. The van der Waals surface area contributed by atoms with Crippen LogP contribution in [0.4, 0.5) is 0 Å². The van der Waals surface area contributed by atoms with E-state index in [-0.39, 0.29) is 17.1 Å². The summed E-state index contributed by atoms with van der Waals surface area (Å²) in [6.07, 6.45) is 0. The molecule has 21 heavy (non-hydrogen) atoms. The first-order valence-corrected chi connectivity index (χ1v) is 7.92. The van der Waals surface area contributed by atoms with Crippen molar-refractivity contribution in [3.8, 4) is 17.6 Å². The van der Waals surface area contributed by atoms with Crippen LogP contribution >= 0.6 is 11.8 Å². The highest BCUT2D eigenvalue weighted by Crippen LogP contribution is 2.30. The first-order chi connectivity index (χ1) is 10.1. The molecule has 0 fully saturated rings. The maximum absolute atomic E-state index is 11.9. The van der Waals surface area contributed by atoms with Gasteiger partial charge in [0.2, 0.25) is 0 Å². The van der Waals surface area contributed by atoms with Gasteiger partial charge in [0, 0.05) is 4.90 Å². The molecule has 1 rings (SSSR count). The third-order valence-electron chi connectivity index (χ3n) is 2.70. The Morgan fingerprint density at radius 2 is 1.95 bits per heavy atom. The molecule has 0 unspecified atom stereocenters. The van der Waals surface area contributed by atoms with Crippen molar-refractivity contribution in [2.24, 2.45) is 5.92 Å². The fraction of sp³-hybridized carbons (Fsp3) is 0.471. The van der Waals surface area contributed by atoms with Crippen LogP contribution in [-0.4, -0.2) is 24.4 Å². The molecule has 0 aliphatic rings. The van der Waals surface area contributed by atoms with E-state index in [1.165, 1.54) is 11.8 Å². The fourth-order valence-electron chi connectivity index (χ4n) is 1.63. The lowest BCUT2D eigenvalue weighted by Gasteiger charge is -2.18. The molecular weight excluding hydrogens is 284 g/mol. The zero-order valence-electron chi connectivity index (χ0n) is 13.0. The zero-order valence-corrected chi connectivity index (χ0v) is 13.8. The van der Waals surface area contributed by atoms with Crippen LogP contribution in [0.2, 0.25) is 0 Å².